The van der Waals surface area contributed by atoms with Crippen LogP contribution >= 0.6 is 0 Å². The largest absolute Gasteiger partial charge is 0.288 e. The Labute approximate surface area is 171 Å². The highest BCUT2D eigenvalue weighted by Crippen LogP contribution is 2.18. The Morgan fingerprint density at radius 1 is 0.900 bits per heavy atom. The van der Waals surface area contributed by atoms with Crippen LogP contribution in [0.1, 0.15) is 32.2 Å². The van der Waals surface area contributed by atoms with Crippen molar-refractivity contribution in [2.45, 2.75) is 13.8 Å². The molecular formula is C22H18FN5O2. The Hall–Kier alpha value is -4.07. The summed E-state index contributed by atoms with van der Waals surface area (Å²) in [5.74, 6) is -1.40. The van der Waals surface area contributed by atoms with E-state index in [0.717, 1.165) is 5.39 Å². The molecule has 4 aromatic rings. The summed E-state index contributed by atoms with van der Waals surface area (Å²) < 4.78 is 14.7. The topological polar surface area (TPSA) is 88.9 Å². The van der Waals surface area contributed by atoms with Gasteiger partial charge in [-0.15, -0.1) is 0 Å². The lowest BCUT2D eigenvalue weighted by atomic mass is 10.2. The van der Waals surface area contributed by atoms with Gasteiger partial charge in [-0.1, -0.05) is 24.3 Å². The Kier molecular flexibility index (Phi) is 4.97. The lowest BCUT2D eigenvalue weighted by Gasteiger charge is -2.08. The van der Waals surface area contributed by atoms with E-state index in [4.69, 9.17) is 0 Å². The number of rotatable bonds is 3. The van der Waals surface area contributed by atoms with Crippen molar-refractivity contribution in [1.29, 1.82) is 0 Å². The van der Waals surface area contributed by atoms with Gasteiger partial charge in [0.25, 0.3) is 11.8 Å². The lowest BCUT2D eigenvalue weighted by Crippen LogP contribution is -2.42. The molecule has 2 N–H and O–H groups in total. The molecule has 4 rings (SSSR count). The molecule has 0 bridgehead atoms. The summed E-state index contributed by atoms with van der Waals surface area (Å²) in [7, 11) is 0. The molecule has 0 saturated heterocycles. The average Bonchev–Trinajstić information content (AvgIpc) is 3.06. The fraction of sp³-hybridized carbons (Fsp3) is 0.0909. The van der Waals surface area contributed by atoms with Gasteiger partial charge >= 0.3 is 0 Å². The monoisotopic (exact) mass is 403 g/mol. The fourth-order valence-electron chi connectivity index (χ4n) is 3.24. The van der Waals surface area contributed by atoms with Gasteiger partial charge in [0.15, 0.2) is 0 Å². The van der Waals surface area contributed by atoms with Gasteiger partial charge in [0, 0.05) is 5.39 Å². The van der Waals surface area contributed by atoms with E-state index >= 15 is 0 Å². The van der Waals surface area contributed by atoms with Crippen molar-refractivity contribution in [3.05, 3.63) is 89.1 Å². The smallest absolute Gasteiger partial charge is 0.267 e. The number of aryl methyl sites for hydroxylation is 1. The van der Waals surface area contributed by atoms with Crippen LogP contribution in [0.4, 0.5) is 4.39 Å². The van der Waals surface area contributed by atoms with E-state index in [9.17, 15) is 14.0 Å². The minimum atomic E-state index is -0.532. The molecule has 0 aliphatic heterocycles. The van der Waals surface area contributed by atoms with Gasteiger partial charge < -0.3 is 0 Å². The molecule has 0 aliphatic carbocycles. The summed E-state index contributed by atoms with van der Waals surface area (Å²) in [6.07, 6.45) is 0. The molecule has 0 spiro atoms. The molecule has 8 heteroatoms. The number of hydrazine groups is 1. The number of hydrogen-bond acceptors (Lipinski definition) is 4. The maximum atomic E-state index is 13.2. The molecular weight excluding hydrogens is 385 g/mol. The molecule has 150 valence electrons. The minimum Gasteiger partial charge on any atom is -0.267 e. The highest BCUT2D eigenvalue weighted by atomic mass is 19.1. The molecule has 0 saturated carbocycles. The Bertz CT molecular complexity index is 1260. The maximum Gasteiger partial charge on any atom is 0.288 e. The molecule has 2 heterocycles. The molecule has 0 atom stereocenters. The van der Waals surface area contributed by atoms with Crippen molar-refractivity contribution in [2.75, 3.05) is 0 Å². The number of hydrogen-bond donors (Lipinski definition) is 2. The van der Waals surface area contributed by atoms with Crippen LogP contribution in [0.15, 0.2) is 60.7 Å². The van der Waals surface area contributed by atoms with E-state index in [-0.39, 0.29) is 11.5 Å². The van der Waals surface area contributed by atoms with E-state index in [0.29, 0.717) is 28.2 Å². The number of carbonyl (C=O) groups excluding carboxylic acids is 2. The predicted octanol–water partition coefficient (Wildman–Crippen LogP) is 3.25. The van der Waals surface area contributed by atoms with Gasteiger partial charge in [-0.25, -0.2) is 14.1 Å². The quantitative estimate of drug-likeness (QED) is 0.514. The first kappa shape index (κ1) is 19.3. The van der Waals surface area contributed by atoms with E-state index in [2.05, 4.69) is 20.9 Å². The van der Waals surface area contributed by atoms with Crippen molar-refractivity contribution >= 4 is 22.7 Å². The number of nitrogens with zero attached hydrogens (tertiary/aromatic N) is 3. The number of halogens is 1. The number of fused-ring (bicyclic) bond motifs is 1. The van der Waals surface area contributed by atoms with Gasteiger partial charge in [-0.05, 0) is 50.2 Å². The van der Waals surface area contributed by atoms with E-state index < -0.39 is 11.8 Å². The van der Waals surface area contributed by atoms with Crippen molar-refractivity contribution in [3.8, 4) is 5.69 Å². The fourth-order valence-corrected chi connectivity index (χ4v) is 3.24. The second-order valence-electron chi connectivity index (χ2n) is 6.73. The average molecular weight is 403 g/mol. The first-order valence-corrected chi connectivity index (χ1v) is 9.22. The number of benzene rings is 2. The maximum absolute atomic E-state index is 13.2. The van der Waals surface area contributed by atoms with Gasteiger partial charge in [-0.2, -0.15) is 5.10 Å². The van der Waals surface area contributed by atoms with E-state index in [1.165, 1.54) is 12.1 Å². The van der Waals surface area contributed by atoms with E-state index in [1.54, 1.807) is 48.9 Å². The molecule has 0 aliphatic rings. The molecule has 2 aromatic heterocycles. The van der Waals surface area contributed by atoms with Gasteiger partial charge in [0.1, 0.15) is 11.5 Å². The number of amides is 2. The van der Waals surface area contributed by atoms with Crippen LogP contribution in [0.3, 0.4) is 0 Å². The van der Waals surface area contributed by atoms with Crippen molar-refractivity contribution in [1.82, 2.24) is 25.6 Å². The molecule has 2 aromatic carbocycles. The highest BCUT2D eigenvalue weighted by molar-refractivity contribution is 6.00. The Morgan fingerprint density at radius 3 is 2.37 bits per heavy atom. The number of pyridine rings is 1. The zero-order chi connectivity index (χ0) is 21.3. The standard InChI is InChI=1S/C22H18FN5O2/c1-13-20(14(2)28(27-13)17-10-8-16(23)9-11-17)22(30)26-25-21(29)19-12-7-15-5-3-4-6-18(15)24-19/h3-12H,1-2H3,(H,25,29)(H,26,30). The first-order chi connectivity index (χ1) is 14.4. The molecule has 2 amide bonds. The highest BCUT2D eigenvalue weighted by Gasteiger charge is 2.20. The van der Waals surface area contributed by atoms with Crippen molar-refractivity contribution in [2.24, 2.45) is 0 Å². The third-order valence-corrected chi connectivity index (χ3v) is 4.71. The van der Waals surface area contributed by atoms with Crippen LogP contribution in [0, 0.1) is 19.7 Å². The molecule has 7 nitrogen and oxygen atoms in total. The van der Waals surface area contributed by atoms with Crippen LogP contribution in [0.25, 0.3) is 16.6 Å². The molecule has 0 radical (unpaired) electrons. The van der Waals surface area contributed by atoms with Crippen LogP contribution in [-0.2, 0) is 0 Å². The zero-order valence-electron chi connectivity index (χ0n) is 16.3. The number of nitrogens with one attached hydrogen (secondary N) is 2. The van der Waals surface area contributed by atoms with Crippen molar-refractivity contribution < 1.29 is 14.0 Å². The van der Waals surface area contributed by atoms with Crippen LogP contribution < -0.4 is 10.9 Å². The van der Waals surface area contributed by atoms with Gasteiger partial charge in [0.2, 0.25) is 0 Å². The second-order valence-corrected chi connectivity index (χ2v) is 6.73. The number of para-hydroxylation sites is 1. The third-order valence-electron chi connectivity index (χ3n) is 4.71. The predicted molar refractivity (Wildman–Crippen MR) is 110 cm³/mol. The SMILES string of the molecule is Cc1nn(-c2ccc(F)cc2)c(C)c1C(=O)NNC(=O)c1ccc2ccccc2n1. The Balaban J connectivity index is 1.51. The van der Waals surface area contributed by atoms with E-state index in [1.807, 2.05) is 18.2 Å². The Morgan fingerprint density at radius 2 is 1.60 bits per heavy atom. The van der Waals surface area contributed by atoms with Crippen LogP contribution in [-0.4, -0.2) is 26.6 Å². The second kappa shape index (κ2) is 7.75. The van der Waals surface area contributed by atoms with Gasteiger partial charge in [0.05, 0.1) is 28.2 Å². The minimum absolute atomic E-state index is 0.185. The van der Waals surface area contributed by atoms with Crippen LogP contribution in [0.5, 0.6) is 0 Å². The summed E-state index contributed by atoms with van der Waals surface area (Å²) in [5.41, 5.74) is 7.66. The zero-order valence-corrected chi connectivity index (χ0v) is 16.3. The van der Waals surface area contributed by atoms with Crippen LogP contribution in [0.2, 0.25) is 0 Å². The molecule has 0 fully saturated rings. The summed E-state index contributed by atoms with van der Waals surface area (Å²) in [6, 6.07) is 16.6. The third kappa shape index (κ3) is 3.62. The number of aromatic nitrogens is 3. The normalized spacial score (nSPS) is 10.8. The summed E-state index contributed by atoms with van der Waals surface area (Å²) in [5, 5.41) is 5.27. The first-order valence-electron chi connectivity index (χ1n) is 9.22. The van der Waals surface area contributed by atoms with Crippen molar-refractivity contribution in [3.63, 3.8) is 0 Å². The summed E-state index contributed by atoms with van der Waals surface area (Å²) in [4.78, 5) is 29.4. The summed E-state index contributed by atoms with van der Waals surface area (Å²) >= 11 is 0. The molecule has 0 unspecified atom stereocenters. The molecule has 30 heavy (non-hydrogen) atoms. The van der Waals surface area contributed by atoms with Gasteiger partial charge in [-0.3, -0.25) is 20.4 Å². The summed E-state index contributed by atoms with van der Waals surface area (Å²) in [6.45, 7) is 3.42. The number of carbonyl (C=O) groups is 2. The lowest BCUT2D eigenvalue weighted by molar-refractivity contribution is 0.0843.